The van der Waals surface area contributed by atoms with E-state index in [9.17, 15) is 18.0 Å². The van der Waals surface area contributed by atoms with Crippen molar-refractivity contribution in [3.8, 4) is 17.2 Å². The lowest BCUT2D eigenvalue weighted by Gasteiger charge is -2.15. The van der Waals surface area contributed by atoms with E-state index in [1.807, 2.05) is 31.2 Å². The number of aryl methyl sites for hydroxylation is 3. The van der Waals surface area contributed by atoms with Crippen LogP contribution in [0.3, 0.4) is 0 Å². The number of halogens is 3. The predicted octanol–water partition coefficient (Wildman–Crippen LogP) is 7.11. The van der Waals surface area contributed by atoms with Gasteiger partial charge in [0, 0.05) is 6.07 Å². The zero-order valence-corrected chi connectivity index (χ0v) is 18.2. The van der Waals surface area contributed by atoms with Crippen LogP contribution in [-0.4, -0.2) is 0 Å². The molecule has 0 N–H and O–H groups in total. The molecule has 4 rings (SSSR count). The Kier molecular flexibility index (Phi) is 5.89. The van der Waals surface area contributed by atoms with Gasteiger partial charge in [-0.25, -0.2) is 0 Å². The van der Waals surface area contributed by atoms with Crippen LogP contribution < -0.4 is 14.9 Å². The minimum atomic E-state index is -4.93. The Balaban J connectivity index is 1.74. The van der Waals surface area contributed by atoms with E-state index in [-0.39, 0.29) is 29.1 Å². The molecule has 170 valence electrons. The zero-order valence-electron chi connectivity index (χ0n) is 18.2. The Morgan fingerprint density at radius 2 is 1.58 bits per heavy atom. The third-order valence-electron chi connectivity index (χ3n) is 5.16. The summed E-state index contributed by atoms with van der Waals surface area (Å²) in [5.41, 5.74) is 2.23. The van der Waals surface area contributed by atoms with Crippen LogP contribution in [0.25, 0.3) is 11.0 Å². The first-order chi connectivity index (χ1) is 15.6. The van der Waals surface area contributed by atoms with Gasteiger partial charge in [-0.3, -0.25) is 4.79 Å². The summed E-state index contributed by atoms with van der Waals surface area (Å²) >= 11 is 0. The number of fused-ring (bicyclic) bond motifs is 1. The number of hydrogen-bond donors (Lipinski definition) is 0. The Hall–Kier alpha value is -3.74. The highest BCUT2D eigenvalue weighted by molar-refractivity contribution is 5.79. The van der Waals surface area contributed by atoms with E-state index in [1.54, 1.807) is 32.0 Å². The first kappa shape index (κ1) is 22.5. The minimum Gasteiger partial charge on any atom is -0.489 e. The number of alkyl halides is 3. The zero-order chi connectivity index (χ0) is 23.8. The summed E-state index contributed by atoms with van der Waals surface area (Å²) in [6.45, 7) is 5.64. The van der Waals surface area contributed by atoms with Crippen LogP contribution in [0.15, 0.2) is 69.9 Å². The lowest BCUT2D eigenvalue weighted by molar-refractivity contribution is -0.154. The van der Waals surface area contributed by atoms with Gasteiger partial charge in [-0.05, 0) is 55.7 Å². The second-order valence-corrected chi connectivity index (χ2v) is 7.89. The van der Waals surface area contributed by atoms with Crippen LogP contribution in [0.5, 0.6) is 17.2 Å². The summed E-state index contributed by atoms with van der Waals surface area (Å²) in [6, 6.07) is 16.9. The van der Waals surface area contributed by atoms with Crippen LogP contribution in [0.2, 0.25) is 0 Å². The van der Waals surface area contributed by atoms with Gasteiger partial charge in [0.1, 0.15) is 23.7 Å². The van der Waals surface area contributed by atoms with Crippen LogP contribution in [-0.2, 0) is 12.8 Å². The Morgan fingerprint density at radius 3 is 2.27 bits per heavy atom. The van der Waals surface area contributed by atoms with E-state index in [1.165, 1.54) is 18.2 Å². The lowest BCUT2D eigenvalue weighted by Crippen LogP contribution is -2.15. The molecule has 0 bridgehead atoms. The quantitative estimate of drug-likeness (QED) is 0.322. The fourth-order valence-corrected chi connectivity index (χ4v) is 3.30. The molecule has 0 aliphatic rings. The standard InChI is InChI=1S/C26H21F3O4/c1-15-5-8-18(9-6-15)14-31-19-10-11-20-22(13-19)33-25(26(27,28)29)24(23(20)30)32-21-12-16(2)4-7-17(21)3/h4-13H,14H2,1-3H3. The summed E-state index contributed by atoms with van der Waals surface area (Å²) in [5.74, 6) is -1.94. The maximum Gasteiger partial charge on any atom is 0.453 e. The van der Waals surface area contributed by atoms with E-state index >= 15 is 0 Å². The molecule has 0 aliphatic carbocycles. The number of ether oxygens (including phenoxy) is 2. The average Bonchev–Trinajstić information content (AvgIpc) is 2.76. The van der Waals surface area contributed by atoms with Crippen LogP contribution in [0.4, 0.5) is 13.2 Å². The fourth-order valence-electron chi connectivity index (χ4n) is 3.30. The summed E-state index contributed by atoms with van der Waals surface area (Å²) in [5, 5.41) is -0.0361. The van der Waals surface area contributed by atoms with Gasteiger partial charge in [-0.15, -0.1) is 0 Å². The van der Waals surface area contributed by atoms with Crippen molar-refractivity contribution in [3.05, 3.63) is 98.9 Å². The Morgan fingerprint density at radius 1 is 0.879 bits per heavy atom. The number of rotatable bonds is 5. The fraction of sp³-hybridized carbons (Fsp3) is 0.192. The second kappa shape index (κ2) is 8.65. The van der Waals surface area contributed by atoms with Crippen molar-refractivity contribution in [1.82, 2.24) is 0 Å². The first-order valence-corrected chi connectivity index (χ1v) is 10.2. The molecule has 0 spiro atoms. The van der Waals surface area contributed by atoms with Gasteiger partial charge in [-0.2, -0.15) is 13.2 Å². The van der Waals surface area contributed by atoms with Crippen molar-refractivity contribution >= 4 is 11.0 Å². The second-order valence-electron chi connectivity index (χ2n) is 7.89. The smallest absolute Gasteiger partial charge is 0.453 e. The molecule has 7 heteroatoms. The third kappa shape index (κ3) is 4.87. The van der Waals surface area contributed by atoms with Crippen molar-refractivity contribution in [2.24, 2.45) is 0 Å². The van der Waals surface area contributed by atoms with Gasteiger partial charge in [0.15, 0.2) is 0 Å². The predicted molar refractivity (Wildman–Crippen MR) is 119 cm³/mol. The molecule has 0 fully saturated rings. The van der Waals surface area contributed by atoms with E-state index in [0.717, 1.165) is 16.7 Å². The monoisotopic (exact) mass is 454 g/mol. The van der Waals surface area contributed by atoms with Gasteiger partial charge in [0.2, 0.25) is 11.2 Å². The number of benzene rings is 3. The SMILES string of the molecule is Cc1ccc(COc2ccc3c(=O)c(Oc4cc(C)ccc4C)c(C(F)(F)F)oc3c2)cc1. The molecule has 1 aromatic heterocycles. The van der Waals surface area contributed by atoms with Gasteiger partial charge in [-0.1, -0.05) is 42.0 Å². The molecule has 0 saturated heterocycles. The van der Waals surface area contributed by atoms with Crippen LogP contribution in [0, 0.1) is 20.8 Å². The van der Waals surface area contributed by atoms with Gasteiger partial charge >= 0.3 is 6.18 Å². The van der Waals surface area contributed by atoms with Gasteiger partial charge in [0.25, 0.3) is 5.76 Å². The van der Waals surface area contributed by atoms with Crippen molar-refractivity contribution in [1.29, 1.82) is 0 Å². The maximum absolute atomic E-state index is 13.8. The molecule has 1 heterocycles. The Bertz CT molecular complexity index is 1370. The van der Waals surface area contributed by atoms with Crippen molar-refractivity contribution in [2.75, 3.05) is 0 Å². The average molecular weight is 454 g/mol. The molecule has 4 nitrogen and oxygen atoms in total. The topological polar surface area (TPSA) is 48.7 Å². The highest BCUT2D eigenvalue weighted by atomic mass is 19.4. The highest BCUT2D eigenvalue weighted by Gasteiger charge is 2.40. The lowest BCUT2D eigenvalue weighted by atomic mass is 10.1. The molecule has 33 heavy (non-hydrogen) atoms. The molecule has 3 aromatic carbocycles. The molecular weight excluding hydrogens is 433 g/mol. The van der Waals surface area contributed by atoms with Crippen molar-refractivity contribution in [3.63, 3.8) is 0 Å². The number of hydrogen-bond acceptors (Lipinski definition) is 4. The summed E-state index contributed by atoms with van der Waals surface area (Å²) in [4.78, 5) is 13.0. The van der Waals surface area contributed by atoms with E-state index in [0.29, 0.717) is 5.56 Å². The third-order valence-corrected chi connectivity index (χ3v) is 5.16. The molecule has 0 radical (unpaired) electrons. The molecule has 0 atom stereocenters. The summed E-state index contributed by atoms with van der Waals surface area (Å²) < 4.78 is 57.7. The van der Waals surface area contributed by atoms with E-state index in [4.69, 9.17) is 13.9 Å². The Labute approximate surface area is 188 Å². The largest absolute Gasteiger partial charge is 0.489 e. The highest BCUT2D eigenvalue weighted by Crippen LogP contribution is 2.39. The normalized spacial score (nSPS) is 11.6. The summed E-state index contributed by atoms with van der Waals surface area (Å²) in [7, 11) is 0. The van der Waals surface area contributed by atoms with Crippen molar-refractivity contribution < 1.29 is 27.1 Å². The van der Waals surface area contributed by atoms with E-state index in [2.05, 4.69) is 0 Å². The molecule has 0 aliphatic heterocycles. The molecular formula is C26H21F3O4. The van der Waals surface area contributed by atoms with E-state index < -0.39 is 23.1 Å². The molecule has 0 unspecified atom stereocenters. The first-order valence-electron chi connectivity index (χ1n) is 10.2. The maximum atomic E-state index is 13.8. The van der Waals surface area contributed by atoms with Gasteiger partial charge in [0.05, 0.1) is 5.39 Å². The molecule has 4 aromatic rings. The van der Waals surface area contributed by atoms with Crippen LogP contribution in [0.1, 0.15) is 28.0 Å². The van der Waals surface area contributed by atoms with Gasteiger partial charge < -0.3 is 13.9 Å². The molecule has 0 amide bonds. The van der Waals surface area contributed by atoms with Crippen molar-refractivity contribution in [2.45, 2.75) is 33.6 Å². The minimum absolute atomic E-state index is 0.0361. The summed E-state index contributed by atoms with van der Waals surface area (Å²) in [6.07, 6.45) is -4.93. The van der Waals surface area contributed by atoms with Crippen LogP contribution >= 0.6 is 0 Å². The molecule has 0 saturated carbocycles.